The summed E-state index contributed by atoms with van der Waals surface area (Å²) in [6, 6.07) is 19.8. The number of hydrogen-bond donors (Lipinski definition) is 0. The Kier molecular flexibility index (Phi) is 4.73. The summed E-state index contributed by atoms with van der Waals surface area (Å²) in [5, 5.41) is 2.24. The first-order valence-electron chi connectivity index (χ1n) is 8.72. The number of nitrogens with zero attached hydrogens (tertiary/aromatic N) is 3. The number of hydrogen-bond acceptors (Lipinski definition) is 5. The molecule has 0 radical (unpaired) electrons. The van der Waals surface area contributed by atoms with Crippen molar-refractivity contribution in [2.45, 2.75) is 19.6 Å². The van der Waals surface area contributed by atoms with Crippen LogP contribution in [0.3, 0.4) is 0 Å². The molecule has 0 aliphatic heterocycles. The molecule has 0 saturated heterocycles. The minimum absolute atomic E-state index is 0.0698. The zero-order chi connectivity index (χ0) is 18.8. The molecule has 3 aromatic carbocycles. The molecule has 27 heavy (non-hydrogen) atoms. The quantitative estimate of drug-likeness (QED) is 0.521. The number of rotatable bonds is 5. The van der Waals surface area contributed by atoms with Gasteiger partial charge in [0.1, 0.15) is 16.8 Å². The maximum Gasteiger partial charge on any atom is 0.263 e. The molecular weight excluding hydrogens is 358 g/mol. The van der Waals surface area contributed by atoms with Crippen molar-refractivity contribution < 1.29 is 9.53 Å². The van der Waals surface area contributed by atoms with Crippen LogP contribution in [0.2, 0.25) is 0 Å². The molecule has 4 aromatic rings. The molecule has 0 bridgehead atoms. The van der Waals surface area contributed by atoms with Gasteiger partial charge in [-0.3, -0.25) is 4.79 Å². The highest BCUT2D eigenvalue weighted by Gasteiger charge is 2.19. The molecule has 1 unspecified atom stereocenters. The Morgan fingerprint density at radius 1 is 1.04 bits per heavy atom. The molecule has 5 nitrogen and oxygen atoms in total. The highest BCUT2D eigenvalue weighted by atomic mass is 32.1. The number of amides is 1. The first-order chi connectivity index (χ1) is 13.1. The minimum Gasteiger partial charge on any atom is -0.481 e. The van der Waals surface area contributed by atoms with Crippen molar-refractivity contribution in [1.82, 2.24) is 13.6 Å². The van der Waals surface area contributed by atoms with E-state index in [1.165, 1.54) is 11.7 Å². The Bertz CT molecular complexity index is 1110. The Morgan fingerprint density at radius 3 is 2.67 bits per heavy atom. The molecule has 0 aliphatic carbocycles. The summed E-state index contributed by atoms with van der Waals surface area (Å²) in [7, 11) is 1.78. The van der Waals surface area contributed by atoms with Gasteiger partial charge < -0.3 is 9.64 Å². The standard InChI is InChI=1S/C21H19N3O2S/c1-14(26-18-9-8-16-5-3-4-6-17(16)12-18)21(25)24(2)13-15-7-10-19-20(11-15)23-27-22-19/h3-12,14H,13H2,1-2H3. The van der Waals surface area contributed by atoms with E-state index in [0.29, 0.717) is 12.3 Å². The van der Waals surface area contributed by atoms with Gasteiger partial charge in [0.2, 0.25) is 0 Å². The monoisotopic (exact) mass is 377 g/mol. The molecule has 0 saturated carbocycles. The van der Waals surface area contributed by atoms with E-state index < -0.39 is 6.10 Å². The second kappa shape index (κ2) is 7.32. The lowest BCUT2D eigenvalue weighted by Gasteiger charge is -2.22. The number of aromatic nitrogens is 2. The van der Waals surface area contributed by atoms with E-state index in [-0.39, 0.29) is 5.91 Å². The minimum atomic E-state index is -0.569. The van der Waals surface area contributed by atoms with Crippen LogP contribution in [0, 0.1) is 0 Å². The fourth-order valence-corrected chi connectivity index (χ4v) is 3.60. The van der Waals surface area contributed by atoms with Crippen molar-refractivity contribution in [3.63, 3.8) is 0 Å². The van der Waals surface area contributed by atoms with Gasteiger partial charge in [-0.25, -0.2) is 0 Å². The first kappa shape index (κ1) is 17.4. The highest BCUT2D eigenvalue weighted by Crippen LogP contribution is 2.22. The van der Waals surface area contributed by atoms with Gasteiger partial charge in [-0.05, 0) is 47.5 Å². The molecule has 1 aromatic heterocycles. The van der Waals surface area contributed by atoms with Gasteiger partial charge in [-0.15, -0.1) is 0 Å². The first-order valence-corrected chi connectivity index (χ1v) is 9.45. The van der Waals surface area contributed by atoms with Crippen molar-refractivity contribution in [3.8, 4) is 5.75 Å². The van der Waals surface area contributed by atoms with Gasteiger partial charge >= 0.3 is 0 Å². The molecule has 1 atom stereocenters. The molecule has 4 rings (SSSR count). The third-order valence-electron chi connectivity index (χ3n) is 4.50. The molecule has 0 spiro atoms. The number of carbonyl (C=O) groups excluding carboxylic acids is 1. The fraction of sp³-hybridized carbons (Fsp3) is 0.190. The Hall–Kier alpha value is -2.99. The van der Waals surface area contributed by atoms with E-state index in [1.54, 1.807) is 18.9 Å². The molecule has 0 aliphatic rings. The zero-order valence-corrected chi connectivity index (χ0v) is 15.9. The second-order valence-electron chi connectivity index (χ2n) is 6.55. The van der Waals surface area contributed by atoms with Gasteiger partial charge in [0.05, 0.1) is 11.7 Å². The molecule has 6 heteroatoms. The van der Waals surface area contributed by atoms with Crippen molar-refractivity contribution >= 4 is 39.4 Å². The lowest BCUT2D eigenvalue weighted by atomic mass is 10.1. The van der Waals surface area contributed by atoms with E-state index in [9.17, 15) is 4.79 Å². The van der Waals surface area contributed by atoms with Crippen molar-refractivity contribution in [2.24, 2.45) is 0 Å². The lowest BCUT2D eigenvalue weighted by Crippen LogP contribution is -2.37. The summed E-state index contributed by atoms with van der Waals surface area (Å²) in [4.78, 5) is 14.4. The van der Waals surface area contributed by atoms with Crippen LogP contribution < -0.4 is 4.74 Å². The summed E-state index contributed by atoms with van der Waals surface area (Å²) in [6.07, 6.45) is -0.569. The number of ether oxygens (including phenoxy) is 1. The molecule has 1 heterocycles. The third-order valence-corrected chi connectivity index (χ3v) is 5.05. The topological polar surface area (TPSA) is 55.3 Å². The summed E-state index contributed by atoms with van der Waals surface area (Å²) in [6.45, 7) is 2.28. The van der Waals surface area contributed by atoms with Crippen molar-refractivity contribution in [2.75, 3.05) is 7.05 Å². The average molecular weight is 377 g/mol. The van der Waals surface area contributed by atoms with E-state index in [0.717, 1.165) is 27.4 Å². The van der Waals surface area contributed by atoms with Crippen LogP contribution in [0.5, 0.6) is 5.75 Å². The largest absolute Gasteiger partial charge is 0.481 e. The lowest BCUT2D eigenvalue weighted by molar-refractivity contribution is -0.137. The Balaban J connectivity index is 1.43. The summed E-state index contributed by atoms with van der Waals surface area (Å²) in [5.74, 6) is 0.623. The van der Waals surface area contributed by atoms with Crippen molar-refractivity contribution in [3.05, 3.63) is 66.2 Å². The number of carbonyl (C=O) groups is 1. The second-order valence-corrected chi connectivity index (χ2v) is 7.08. The molecule has 0 fully saturated rings. The smallest absolute Gasteiger partial charge is 0.263 e. The van der Waals surface area contributed by atoms with Crippen LogP contribution in [-0.4, -0.2) is 32.7 Å². The van der Waals surface area contributed by atoms with Crippen LogP contribution in [-0.2, 0) is 11.3 Å². The van der Waals surface area contributed by atoms with E-state index in [2.05, 4.69) is 14.8 Å². The Morgan fingerprint density at radius 2 is 1.81 bits per heavy atom. The summed E-state index contributed by atoms with van der Waals surface area (Å²) in [5.41, 5.74) is 2.76. The average Bonchev–Trinajstić information content (AvgIpc) is 3.15. The van der Waals surface area contributed by atoms with Gasteiger partial charge in [0.15, 0.2) is 6.10 Å². The van der Waals surface area contributed by atoms with Crippen LogP contribution >= 0.6 is 11.7 Å². The van der Waals surface area contributed by atoms with Crippen LogP contribution in [0.25, 0.3) is 21.8 Å². The Labute approximate surface area is 161 Å². The predicted octanol–water partition coefficient (Wildman–Crippen LogP) is 4.27. The van der Waals surface area contributed by atoms with Crippen molar-refractivity contribution in [1.29, 1.82) is 0 Å². The van der Waals surface area contributed by atoms with Gasteiger partial charge in [0.25, 0.3) is 5.91 Å². The van der Waals surface area contributed by atoms with Crippen LogP contribution in [0.4, 0.5) is 0 Å². The van der Waals surface area contributed by atoms with Gasteiger partial charge in [-0.1, -0.05) is 36.4 Å². The zero-order valence-electron chi connectivity index (χ0n) is 15.1. The van der Waals surface area contributed by atoms with Crippen LogP contribution in [0.15, 0.2) is 60.7 Å². The predicted molar refractivity (Wildman–Crippen MR) is 108 cm³/mol. The molecule has 1 amide bonds. The SMILES string of the molecule is CC(Oc1ccc2ccccc2c1)C(=O)N(C)Cc1ccc2nsnc2c1. The fourth-order valence-electron chi connectivity index (χ4n) is 3.08. The van der Waals surface area contributed by atoms with Gasteiger partial charge in [0, 0.05) is 13.6 Å². The normalized spacial score (nSPS) is 12.2. The third kappa shape index (κ3) is 3.75. The molecule has 136 valence electrons. The number of likely N-dealkylation sites (N-methyl/N-ethyl adjacent to an activating group) is 1. The number of fused-ring (bicyclic) bond motifs is 2. The number of benzene rings is 3. The van der Waals surface area contributed by atoms with Gasteiger partial charge in [-0.2, -0.15) is 8.75 Å². The highest BCUT2D eigenvalue weighted by molar-refractivity contribution is 7.00. The van der Waals surface area contributed by atoms with Crippen LogP contribution in [0.1, 0.15) is 12.5 Å². The maximum absolute atomic E-state index is 12.7. The maximum atomic E-state index is 12.7. The summed E-state index contributed by atoms with van der Waals surface area (Å²) < 4.78 is 14.3. The van der Waals surface area contributed by atoms with E-state index in [4.69, 9.17) is 4.74 Å². The molecule has 0 N–H and O–H groups in total. The summed E-state index contributed by atoms with van der Waals surface area (Å²) >= 11 is 1.19. The van der Waals surface area contributed by atoms with E-state index in [1.807, 2.05) is 54.6 Å². The van der Waals surface area contributed by atoms with E-state index >= 15 is 0 Å². The molecular formula is C21H19N3O2S.